The lowest BCUT2D eigenvalue weighted by atomic mass is 10.00. The van der Waals surface area contributed by atoms with E-state index in [1.54, 1.807) is 23.0 Å². The van der Waals surface area contributed by atoms with Crippen molar-refractivity contribution in [3.8, 4) is 11.1 Å². The van der Waals surface area contributed by atoms with E-state index in [-0.39, 0.29) is 17.5 Å². The molecule has 8 nitrogen and oxygen atoms in total. The minimum atomic E-state index is -0.994. The number of hydrogen-bond donors (Lipinski definition) is 2. The van der Waals surface area contributed by atoms with Crippen LogP contribution in [-0.2, 0) is 6.54 Å². The van der Waals surface area contributed by atoms with Gasteiger partial charge in [0.2, 0.25) is 0 Å². The Morgan fingerprint density at radius 3 is 2.45 bits per heavy atom. The van der Waals surface area contributed by atoms with Crippen LogP contribution < -0.4 is 5.32 Å². The maximum absolute atomic E-state index is 13.8. The van der Waals surface area contributed by atoms with E-state index < -0.39 is 5.97 Å². The van der Waals surface area contributed by atoms with Gasteiger partial charge in [-0.1, -0.05) is 65.9 Å². The molecule has 0 aliphatic heterocycles. The van der Waals surface area contributed by atoms with Gasteiger partial charge in [-0.3, -0.25) is 9.78 Å². The number of benzene rings is 4. The van der Waals surface area contributed by atoms with Crippen molar-refractivity contribution in [2.75, 3.05) is 0 Å². The number of hydrogen-bond acceptors (Lipinski definition) is 5. The Kier molecular flexibility index (Phi) is 6.49. The van der Waals surface area contributed by atoms with Gasteiger partial charge in [-0.25, -0.2) is 9.48 Å². The standard InChI is InChI=1S/C32H25N5O3/c1-20(22-11-13-25(14-12-22)32(39)40)34-31(38)27-17-26(23-6-3-2-4-7-23)18-29-30(27)37(36-35-29)19-21-9-10-24-8-5-15-33-28(24)16-21/h2-18,20H,19H2,1H3,(H,34,38)(H,39,40)/t20-/m0/s1. The summed E-state index contributed by atoms with van der Waals surface area (Å²) in [6, 6.07) is 29.8. The number of aromatic carboxylic acids is 1. The largest absolute Gasteiger partial charge is 0.478 e. The summed E-state index contributed by atoms with van der Waals surface area (Å²) >= 11 is 0. The van der Waals surface area contributed by atoms with Crippen molar-refractivity contribution in [1.29, 1.82) is 0 Å². The molecule has 0 bridgehead atoms. The summed E-state index contributed by atoms with van der Waals surface area (Å²) in [7, 11) is 0. The van der Waals surface area contributed by atoms with Crippen LogP contribution in [0.15, 0.2) is 103 Å². The number of carbonyl (C=O) groups is 2. The Balaban J connectivity index is 1.39. The smallest absolute Gasteiger partial charge is 0.335 e. The van der Waals surface area contributed by atoms with Crippen LogP contribution in [0.25, 0.3) is 33.1 Å². The molecule has 1 amide bonds. The Labute approximate surface area is 229 Å². The molecule has 1 atom stereocenters. The van der Waals surface area contributed by atoms with Crippen LogP contribution in [0.3, 0.4) is 0 Å². The van der Waals surface area contributed by atoms with Gasteiger partial charge in [0.05, 0.1) is 29.2 Å². The summed E-state index contributed by atoms with van der Waals surface area (Å²) in [6.45, 7) is 2.28. The Bertz CT molecular complexity index is 1860. The molecule has 2 N–H and O–H groups in total. The molecule has 6 rings (SSSR count). The van der Waals surface area contributed by atoms with E-state index >= 15 is 0 Å². The SMILES string of the molecule is C[C@H](NC(=O)c1cc(-c2ccccc2)cc2nnn(Cc3ccc4cccnc4c3)c12)c1ccc(C(=O)O)cc1. The van der Waals surface area contributed by atoms with Gasteiger partial charge in [0.15, 0.2) is 0 Å². The molecule has 0 aliphatic carbocycles. The van der Waals surface area contributed by atoms with E-state index in [9.17, 15) is 14.7 Å². The monoisotopic (exact) mass is 527 g/mol. The van der Waals surface area contributed by atoms with Crippen LogP contribution in [0.5, 0.6) is 0 Å². The molecule has 2 heterocycles. The highest BCUT2D eigenvalue weighted by Gasteiger charge is 2.20. The first-order valence-electron chi connectivity index (χ1n) is 12.9. The van der Waals surface area contributed by atoms with Crippen LogP contribution in [0.1, 0.15) is 44.8 Å². The number of fused-ring (bicyclic) bond motifs is 2. The molecule has 0 spiro atoms. The topological polar surface area (TPSA) is 110 Å². The van der Waals surface area contributed by atoms with Gasteiger partial charge in [0, 0.05) is 11.6 Å². The van der Waals surface area contributed by atoms with Crippen LogP contribution >= 0.6 is 0 Å². The summed E-state index contributed by atoms with van der Waals surface area (Å²) in [4.78, 5) is 29.5. The number of carbonyl (C=O) groups excluding carboxylic acids is 1. The van der Waals surface area contributed by atoms with Crippen LogP contribution in [-0.4, -0.2) is 37.0 Å². The van der Waals surface area contributed by atoms with Crippen molar-refractivity contribution in [3.63, 3.8) is 0 Å². The molecule has 0 saturated heterocycles. The minimum Gasteiger partial charge on any atom is -0.478 e. The van der Waals surface area contributed by atoms with Crippen LogP contribution in [0.4, 0.5) is 0 Å². The third-order valence-electron chi connectivity index (χ3n) is 6.97. The second-order valence-electron chi connectivity index (χ2n) is 9.66. The molecule has 0 aliphatic rings. The lowest BCUT2D eigenvalue weighted by Crippen LogP contribution is -2.27. The molecular formula is C32H25N5O3. The average molecular weight is 528 g/mol. The average Bonchev–Trinajstić information content (AvgIpc) is 3.39. The molecule has 0 fully saturated rings. The van der Waals surface area contributed by atoms with Gasteiger partial charge in [0.25, 0.3) is 5.91 Å². The van der Waals surface area contributed by atoms with Crippen molar-refractivity contribution >= 4 is 33.8 Å². The molecule has 196 valence electrons. The van der Waals surface area contributed by atoms with E-state index in [2.05, 4.69) is 20.6 Å². The van der Waals surface area contributed by atoms with Crippen LogP contribution in [0, 0.1) is 0 Å². The molecule has 8 heteroatoms. The van der Waals surface area contributed by atoms with Gasteiger partial charge in [-0.15, -0.1) is 5.10 Å². The van der Waals surface area contributed by atoms with Gasteiger partial charge >= 0.3 is 5.97 Å². The normalized spacial score (nSPS) is 11.9. The minimum absolute atomic E-state index is 0.193. The Morgan fingerprint density at radius 2 is 1.68 bits per heavy atom. The first kappa shape index (κ1) is 24.9. The van der Waals surface area contributed by atoms with E-state index in [1.165, 1.54) is 12.1 Å². The maximum atomic E-state index is 13.8. The number of amides is 1. The van der Waals surface area contributed by atoms with Crippen molar-refractivity contribution in [2.24, 2.45) is 0 Å². The fourth-order valence-corrected chi connectivity index (χ4v) is 4.85. The quantitative estimate of drug-likeness (QED) is 0.268. The molecule has 4 aromatic carbocycles. The lowest BCUT2D eigenvalue weighted by Gasteiger charge is -2.16. The van der Waals surface area contributed by atoms with Crippen molar-refractivity contribution in [1.82, 2.24) is 25.3 Å². The fraction of sp³-hybridized carbons (Fsp3) is 0.0938. The molecule has 0 radical (unpaired) electrons. The zero-order valence-corrected chi connectivity index (χ0v) is 21.7. The van der Waals surface area contributed by atoms with Crippen molar-refractivity contribution in [2.45, 2.75) is 19.5 Å². The Hall–Kier alpha value is -5.37. The van der Waals surface area contributed by atoms with Gasteiger partial charge < -0.3 is 10.4 Å². The summed E-state index contributed by atoms with van der Waals surface area (Å²) < 4.78 is 1.75. The van der Waals surface area contributed by atoms with Gasteiger partial charge in [-0.2, -0.15) is 0 Å². The molecule has 0 saturated carbocycles. The molecule has 0 unspecified atom stereocenters. The lowest BCUT2D eigenvalue weighted by molar-refractivity contribution is 0.0696. The Morgan fingerprint density at radius 1 is 0.875 bits per heavy atom. The van der Waals surface area contributed by atoms with E-state index in [0.29, 0.717) is 23.1 Å². The van der Waals surface area contributed by atoms with Crippen molar-refractivity contribution in [3.05, 3.63) is 126 Å². The summed E-state index contributed by atoms with van der Waals surface area (Å²) in [6.07, 6.45) is 1.76. The first-order chi connectivity index (χ1) is 19.5. The summed E-state index contributed by atoms with van der Waals surface area (Å²) in [5.41, 5.74) is 6.39. The number of aromatic nitrogens is 4. The predicted molar refractivity (Wildman–Crippen MR) is 153 cm³/mol. The molecule has 6 aromatic rings. The van der Waals surface area contributed by atoms with Gasteiger partial charge in [0.1, 0.15) is 11.0 Å². The fourth-order valence-electron chi connectivity index (χ4n) is 4.85. The second-order valence-corrected chi connectivity index (χ2v) is 9.66. The highest BCUT2D eigenvalue weighted by Crippen LogP contribution is 2.28. The number of carboxylic acids is 1. The second kappa shape index (κ2) is 10.4. The number of nitrogens with one attached hydrogen (secondary N) is 1. The number of nitrogens with zero attached hydrogens (tertiary/aromatic N) is 4. The summed E-state index contributed by atoms with van der Waals surface area (Å²) in [5, 5.41) is 22.2. The molecule has 2 aromatic heterocycles. The summed E-state index contributed by atoms with van der Waals surface area (Å²) in [5.74, 6) is -1.27. The molecule has 40 heavy (non-hydrogen) atoms. The van der Waals surface area contributed by atoms with E-state index in [1.807, 2.05) is 79.7 Å². The number of carboxylic acid groups (broad SMARTS) is 1. The van der Waals surface area contributed by atoms with E-state index in [4.69, 9.17) is 0 Å². The predicted octanol–water partition coefficient (Wildman–Crippen LogP) is 5.88. The van der Waals surface area contributed by atoms with E-state index in [0.717, 1.165) is 33.2 Å². The zero-order valence-electron chi connectivity index (χ0n) is 21.7. The highest BCUT2D eigenvalue weighted by molar-refractivity contribution is 6.06. The van der Waals surface area contributed by atoms with Gasteiger partial charge in [-0.05, 0) is 65.6 Å². The maximum Gasteiger partial charge on any atom is 0.335 e. The zero-order chi connectivity index (χ0) is 27.6. The van der Waals surface area contributed by atoms with Crippen molar-refractivity contribution < 1.29 is 14.7 Å². The highest BCUT2D eigenvalue weighted by atomic mass is 16.4. The molecular weight excluding hydrogens is 502 g/mol. The number of rotatable bonds is 7. The first-order valence-corrected chi connectivity index (χ1v) is 12.9. The third-order valence-corrected chi connectivity index (χ3v) is 6.97. The van der Waals surface area contributed by atoms with Crippen LogP contribution in [0.2, 0.25) is 0 Å². The third kappa shape index (κ3) is 4.90. The number of pyridine rings is 1.